The molecule has 288 valence electrons. The molecule has 0 fully saturated rings. The summed E-state index contributed by atoms with van der Waals surface area (Å²) >= 11 is 1.47. The number of carbonyl (C=O) groups is 4. The summed E-state index contributed by atoms with van der Waals surface area (Å²) in [6, 6.07) is 20.2. The van der Waals surface area contributed by atoms with Crippen molar-refractivity contribution < 1.29 is 33.8 Å². The van der Waals surface area contributed by atoms with E-state index in [1.54, 1.807) is 27.0 Å². The molecule has 13 heteroatoms. The number of pyridine rings is 1. The van der Waals surface area contributed by atoms with E-state index in [-0.39, 0.29) is 6.42 Å². The Morgan fingerprint density at radius 1 is 0.755 bits per heavy atom. The topological polar surface area (TPSA) is 168 Å². The predicted octanol–water partition coefficient (Wildman–Crippen LogP) is 6.05. The average Bonchev–Trinajstić information content (AvgIpc) is 3.10. The smallest absolute Gasteiger partial charge is 0.407 e. The lowest BCUT2D eigenvalue weighted by Crippen LogP contribution is -2.59. The van der Waals surface area contributed by atoms with Crippen LogP contribution in [0.1, 0.15) is 59.1 Å². The number of hydrogen-bond acceptors (Lipinski definition) is 8. The monoisotopic (exact) mass is 749 g/mol. The molecule has 0 saturated heterocycles. The molecule has 3 aromatic rings. The number of benzene rings is 2. The van der Waals surface area contributed by atoms with E-state index in [1.807, 2.05) is 99.8 Å². The van der Waals surface area contributed by atoms with Gasteiger partial charge in [-0.25, -0.2) is 9.59 Å². The van der Waals surface area contributed by atoms with Crippen molar-refractivity contribution in [2.24, 2.45) is 10.8 Å². The molecule has 3 rings (SSSR count). The van der Waals surface area contributed by atoms with E-state index in [2.05, 4.69) is 26.3 Å². The van der Waals surface area contributed by atoms with Crippen molar-refractivity contribution in [2.75, 3.05) is 19.3 Å². The first kappa shape index (κ1) is 42.8. The maximum absolute atomic E-state index is 14.0. The van der Waals surface area contributed by atoms with Crippen LogP contribution in [0, 0.1) is 10.8 Å². The third-order valence-corrected chi connectivity index (χ3v) is 9.08. The van der Waals surface area contributed by atoms with Gasteiger partial charge < -0.3 is 35.8 Å². The third-order valence-electron chi connectivity index (χ3n) is 8.71. The third kappa shape index (κ3) is 14.0. The molecule has 1 heterocycles. The van der Waals surface area contributed by atoms with Crippen LogP contribution in [0.25, 0.3) is 11.3 Å². The molecule has 53 heavy (non-hydrogen) atoms. The van der Waals surface area contributed by atoms with E-state index < -0.39 is 65.1 Å². The van der Waals surface area contributed by atoms with Crippen LogP contribution in [0.15, 0.2) is 79.0 Å². The number of nitrogens with zero attached hydrogens (tertiary/aromatic N) is 1. The van der Waals surface area contributed by atoms with Gasteiger partial charge in [-0.1, -0.05) is 102 Å². The molecule has 0 radical (unpaired) electrons. The van der Waals surface area contributed by atoms with Gasteiger partial charge in [0.05, 0.1) is 30.9 Å². The van der Waals surface area contributed by atoms with Crippen LogP contribution in [0.2, 0.25) is 0 Å². The maximum Gasteiger partial charge on any atom is 0.407 e. The standard InChI is InChI=1S/C40H55N5O7S/c1-39(2,3)33(44-37(48)49)36(47)43-31(23-26-14-10-9-11-15-26)32(52-25-53-8)24-29(42-35(46)34(40(4,5)6)45-38(50)51-7)22-27-17-19-28(20-18-27)30-16-12-13-21-41-30/h9-21,29,31-34,44H,22-25H2,1-8H3,(H,42,46)(H,43,47)(H,45,50)(H,48,49)/t29-,31-,32-,33+,34+/m0/s1. The number of aromatic nitrogens is 1. The second-order valence-electron chi connectivity index (χ2n) is 15.2. The van der Waals surface area contributed by atoms with Crippen molar-refractivity contribution in [2.45, 2.75) is 91.1 Å². The minimum atomic E-state index is -1.30. The molecule has 2 aromatic carbocycles. The van der Waals surface area contributed by atoms with Crippen LogP contribution in [-0.4, -0.2) is 83.7 Å². The van der Waals surface area contributed by atoms with Crippen LogP contribution < -0.4 is 21.3 Å². The Morgan fingerprint density at radius 2 is 1.34 bits per heavy atom. The van der Waals surface area contributed by atoms with Gasteiger partial charge in [-0.15, -0.1) is 11.8 Å². The lowest BCUT2D eigenvalue weighted by molar-refractivity contribution is -0.128. The number of rotatable bonds is 17. The lowest BCUT2D eigenvalue weighted by atomic mass is 9.85. The second-order valence-corrected chi connectivity index (χ2v) is 16.0. The SMILES string of the molecule is COC(=O)N[C@H](C(=O)N[C@@H](Cc1ccc(-c2ccccn2)cc1)C[C@H](OCSC)[C@H](Cc1ccccc1)NC(=O)[C@@H](NC(=O)O)C(C)(C)C)C(C)(C)C. The van der Waals surface area contributed by atoms with Crippen molar-refractivity contribution in [1.82, 2.24) is 26.3 Å². The highest BCUT2D eigenvalue weighted by Crippen LogP contribution is 2.25. The van der Waals surface area contributed by atoms with Gasteiger partial charge in [-0.3, -0.25) is 14.6 Å². The van der Waals surface area contributed by atoms with Crippen molar-refractivity contribution in [3.05, 3.63) is 90.1 Å². The summed E-state index contributed by atoms with van der Waals surface area (Å²) in [6.07, 6.45) is 2.04. The van der Waals surface area contributed by atoms with Crippen LogP contribution in [0.4, 0.5) is 9.59 Å². The number of nitrogens with one attached hydrogen (secondary N) is 4. The van der Waals surface area contributed by atoms with Gasteiger partial charge >= 0.3 is 12.2 Å². The summed E-state index contributed by atoms with van der Waals surface area (Å²) in [4.78, 5) is 56.5. The Bertz CT molecular complexity index is 1610. The molecule has 12 nitrogen and oxygen atoms in total. The number of alkyl carbamates (subject to hydrolysis) is 1. The largest absolute Gasteiger partial charge is 0.465 e. The van der Waals surface area contributed by atoms with Crippen LogP contribution in [-0.2, 0) is 31.9 Å². The summed E-state index contributed by atoms with van der Waals surface area (Å²) in [5.41, 5.74) is 2.26. The zero-order valence-electron chi connectivity index (χ0n) is 32.0. The summed E-state index contributed by atoms with van der Waals surface area (Å²) in [5, 5.41) is 21.0. The van der Waals surface area contributed by atoms with Gasteiger partial charge in [0.1, 0.15) is 12.1 Å². The van der Waals surface area contributed by atoms with Crippen molar-refractivity contribution in [3.63, 3.8) is 0 Å². The van der Waals surface area contributed by atoms with Gasteiger partial charge in [-0.05, 0) is 59.6 Å². The van der Waals surface area contributed by atoms with Crippen molar-refractivity contribution in [3.8, 4) is 11.3 Å². The van der Waals surface area contributed by atoms with Gasteiger partial charge in [0.2, 0.25) is 11.8 Å². The summed E-state index contributed by atoms with van der Waals surface area (Å²) < 4.78 is 11.3. The number of thioether (sulfide) groups is 1. The Kier molecular flexibility index (Phi) is 16.1. The average molecular weight is 750 g/mol. The molecule has 0 unspecified atom stereocenters. The summed E-state index contributed by atoms with van der Waals surface area (Å²) in [6.45, 7) is 10.9. The van der Waals surface area contributed by atoms with E-state index in [0.717, 1.165) is 22.4 Å². The number of amides is 4. The normalized spacial score (nSPS) is 14.5. The van der Waals surface area contributed by atoms with Crippen LogP contribution >= 0.6 is 11.8 Å². The molecule has 0 bridgehead atoms. The number of methoxy groups -OCH3 is 1. The fourth-order valence-corrected chi connectivity index (χ4v) is 6.26. The Balaban J connectivity index is 2.05. The Hall–Kier alpha value is -4.62. The van der Waals surface area contributed by atoms with E-state index in [9.17, 15) is 24.3 Å². The van der Waals surface area contributed by atoms with Gasteiger partial charge in [-0.2, -0.15) is 0 Å². The molecular weight excluding hydrogens is 695 g/mol. The first-order chi connectivity index (χ1) is 25.0. The van der Waals surface area contributed by atoms with Crippen LogP contribution in [0.3, 0.4) is 0 Å². The molecule has 0 aliphatic heterocycles. The number of hydrogen-bond donors (Lipinski definition) is 5. The van der Waals surface area contributed by atoms with E-state index in [4.69, 9.17) is 9.47 Å². The molecule has 0 aliphatic carbocycles. The minimum Gasteiger partial charge on any atom is -0.465 e. The minimum absolute atomic E-state index is 0.272. The van der Waals surface area contributed by atoms with Gasteiger partial charge in [0.15, 0.2) is 0 Å². The van der Waals surface area contributed by atoms with E-state index >= 15 is 0 Å². The fourth-order valence-electron chi connectivity index (χ4n) is 5.95. The molecule has 0 saturated carbocycles. The Morgan fingerprint density at radius 3 is 1.89 bits per heavy atom. The van der Waals surface area contributed by atoms with Crippen LogP contribution in [0.5, 0.6) is 0 Å². The highest BCUT2D eigenvalue weighted by atomic mass is 32.2. The first-order valence-electron chi connectivity index (χ1n) is 17.6. The predicted molar refractivity (Wildman–Crippen MR) is 208 cm³/mol. The molecule has 0 spiro atoms. The van der Waals surface area contributed by atoms with Gasteiger partial charge in [0, 0.05) is 17.8 Å². The molecule has 5 atom stereocenters. The fraction of sp³-hybridized carbons (Fsp3) is 0.475. The molecule has 5 N–H and O–H groups in total. The number of carboxylic acid groups (broad SMARTS) is 1. The maximum atomic E-state index is 14.0. The highest BCUT2D eigenvalue weighted by molar-refractivity contribution is 7.98. The quantitative estimate of drug-likeness (QED) is 0.103. The van der Waals surface area contributed by atoms with E-state index in [1.165, 1.54) is 18.9 Å². The molecule has 4 amide bonds. The summed E-state index contributed by atoms with van der Waals surface area (Å²) in [7, 11) is 1.25. The van der Waals surface area contributed by atoms with Crippen molar-refractivity contribution in [1.29, 1.82) is 0 Å². The molecule has 1 aromatic heterocycles. The number of ether oxygens (including phenoxy) is 2. The van der Waals surface area contributed by atoms with Crippen molar-refractivity contribution >= 4 is 35.8 Å². The van der Waals surface area contributed by atoms with Gasteiger partial charge in [0.25, 0.3) is 0 Å². The van der Waals surface area contributed by atoms with E-state index in [0.29, 0.717) is 18.8 Å². The highest BCUT2D eigenvalue weighted by Gasteiger charge is 2.38. The second kappa shape index (κ2) is 20.0. The molecular formula is C40H55N5O7S. The summed E-state index contributed by atoms with van der Waals surface area (Å²) in [5.74, 6) is -0.585. The first-order valence-corrected chi connectivity index (χ1v) is 19.0. The Labute approximate surface area is 317 Å². The zero-order valence-corrected chi connectivity index (χ0v) is 32.8. The number of carbonyl (C=O) groups excluding carboxylic acids is 3. The lowest BCUT2D eigenvalue weighted by Gasteiger charge is -2.36. The zero-order chi connectivity index (χ0) is 39.2. The molecule has 0 aliphatic rings.